The van der Waals surface area contributed by atoms with Crippen LogP contribution in [0.15, 0.2) is 212 Å². The van der Waals surface area contributed by atoms with Crippen LogP contribution >= 0.6 is 0 Å². The maximum Gasteiger partial charge on any atom is 0.338 e. The van der Waals surface area contributed by atoms with Crippen LogP contribution in [0.5, 0.6) is 0 Å². The van der Waals surface area contributed by atoms with E-state index in [9.17, 15) is 9.90 Å². The Kier molecular flexibility index (Phi) is 19.1. The predicted octanol–water partition coefficient (Wildman–Crippen LogP) is 9.81. The number of rotatable bonds is 24. The van der Waals surface area contributed by atoms with Crippen molar-refractivity contribution in [3.05, 3.63) is 251 Å². The number of carbonyl (C=O) groups is 1. The van der Waals surface area contributed by atoms with Gasteiger partial charge in [-0.3, -0.25) is 0 Å². The van der Waals surface area contributed by atoms with Gasteiger partial charge in [0.25, 0.3) is 0 Å². The Balaban J connectivity index is 1.11. The van der Waals surface area contributed by atoms with Gasteiger partial charge in [-0.25, -0.2) is 4.79 Å². The number of hydrogen-bond acceptors (Lipinski definition) is 12. The van der Waals surface area contributed by atoms with E-state index >= 15 is 0 Å². The number of esters is 1. The molecular formula is C61H62O12. The number of ether oxygens (including phenoxy) is 10. The fraction of sp³-hybridized carbons (Fsp3) is 0.295. The number of aliphatic hydroxyl groups excluding tert-OH is 1. The Bertz CT molecular complexity index is 2630. The Morgan fingerprint density at radius 3 is 1.15 bits per heavy atom. The highest BCUT2D eigenvalue weighted by Crippen LogP contribution is 2.36. The molecule has 0 saturated carbocycles. The largest absolute Gasteiger partial charge is 0.459 e. The van der Waals surface area contributed by atoms with Crippen molar-refractivity contribution < 1.29 is 57.3 Å². The molecule has 7 aromatic rings. The first kappa shape index (κ1) is 51.5. The summed E-state index contributed by atoms with van der Waals surface area (Å²) in [6.45, 7) is 0.917. The Hall–Kier alpha value is -6.39. The molecule has 1 N–H and O–H groups in total. The summed E-state index contributed by atoms with van der Waals surface area (Å²) in [6, 6.07) is 67.6. The zero-order valence-electron chi connectivity index (χ0n) is 40.6. The number of aliphatic hydroxyl groups is 1. The Labute approximate surface area is 427 Å². The highest BCUT2D eigenvalue weighted by atomic mass is 16.8. The van der Waals surface area contributed by atoms with Crippen molar-refractivity contribution in [2.75, 3.05) is 13.2 Å². The van der Waals surface area contributed by atoms with E-state index in [0.717, 1.165) is 33.4 Å². The average Bonchev–Trinajstić information content (AvgIpc) is 3.45. The van der Waals surface area contributed by atoms with Gasteiger partial charge in [-0.15, -0.1) is 0 Å². The van der Waals surface area contributed by atoms with Crippen LogP contribution in [0, 0.1) is 0 Å². The molecule has 0 aromatic heterocycles. The minimum Gasteiger partial charge on any atom is -0.459 e. The summed E-state index contributed by atoms with van der Waals surface area (Å²) in [5.74, 6) is -0.581. The first-order valence-corrected chi connectivity index (χ1v) is 24.8. The van der Waals surface area contributed by atoms with E-state index in [0.29, 0.717) is 12.2 Å². The molecule has 378 valence electrons. The minimum atomic E-state index is -1.53. The molecular weight excluding hydrogens is 925 g/mol. The number of carbonyl (C=O) groups excluding carboxylic acids is 1. The summed E-state index contributed by atoms with van der Waals surface area (Å²) in [5, 5.41) is 12.0. The topological polar surface area (TPSA) is 130 Å². The lowest BCUT2D eigenvalue weighted by Crippen LogP contribution is -2.66. The number of hydrogen-bond donors (Lipinski definition) is 1. The molecule has 10 atom stereocenters. The van der Waals surface area contributed by atoms with E-state index in [-0.39, 0.29) is 46.2 Å². The highest BCUT2D eigenvalue weighted by Gasteiger charge is 2.54. The fourth-order valence-electron chi connectivity index (χ4n) is 8.92. The maximum atomic E-state index is 13.6. The van der Waals surface area contributed by atoms with Crippen molar-refractivity contribution in [2.45, 2.75) is 101 Å². The molecule has 2 heterocycles. The molecule has 2 fully saturated rings. The Morgan fingerprint density at radius 2 is 0.712 bits per heavy atom. The summed E-state index contributed by atoms with van der Waals surface area (Å²) in [7, 11) is 0. The van der Waals surface area contributed by atoms with E-state index in [2.05, 4.69) is 0 Å². The minimum absolute atomic E-state index is 0.0829. The lowest BCUT2D eigenvalue weighted by atomic mass is 9.95. The third-order valence-corrected chi connectivity index (χ3v) is 12.7. The third-order valence-electron chi connectivity index (χ3n) is 12.7. The molecule has 12 heteroatoms. The van der Waals surface area contributed by atoms with Gasteiger partial charge in [0.2, 0.25) is 0 Å². The summed E-state index contributed by atoms with van der Waals surface area (Å²) in [6.07, 6.45) is -10.4. The standard InChI is InChI=1S/C61H62O12/c62-59(50-34-20-7-21-35-50)70-43-52-54(56(67-39-47-28-14-4-15-29-47)57(60(63)71-52)68-40-48-30-16-5-17-31-48)73-61-58(69-41-49-32-18-6-19-33-49)55(66-38-46-26-12-3-13-27-46)53(65-37-45-24-10-2-11-25-45)51(72-61)42-64-36-44-22-8-1-9-23-44/h1-35,51-58,60-61,63H,36-43H2/t51?,52?,53-,54+,55?,56?,57?,58?,60-,61+/m1/s1. The third kappa shape index (κ3) is 14.9. The summed E-state index contributed by atoms with van der Waals surface area (Å²) in [5.41, 5.74) is 5.88. The molecule has 12 nitrogen and oxygen atoms in total. The second-order valence-corrected chi connectivity index (χ2v) is 18.0. The van der Waals surface area contributed by atoms with Crippen LogP contribution < -0.4 is 0 Å². The lowest BCUT2D eigenvalue weighted by Gasteiger charge is -2.49. The summed E-state index contributed by atoms with van der Waals surface area (Å²) in [4.78, 5) is 13.6. The van der Waals surface area contributed by atoms with Gasteiger partial charge in [0.05, 0.1) is 51.8 Å². The van der Waals surface area contributed by atoms with Crippen LogP contribution in [0.2, 0.25) is 0 Å². The number of benzene rings is 7. The van der Waals surface area contributed by atoms with Crippen LogP contribution in [-0.4, -0.2) is 85.7 Å². The summed E-state index contributed by atoms with van der Waals surface area (Å²) < 4.78 is 67.7. The van der Waals surface area contributed by atoms with Crippen molar-refractivity contribution in [1.29, 1.82) is 0 Å². The van der Waals surface area contributed by atoms with Gasteiger partial charge in [-0.2, -0.15) is 0 Å². The van der Waals surface area contributed by atoms with Gasteiger partial charge in [0, 0.05) is 0 Å². The fourth-order valence-corrected chi connectivity index (χ4v) is 8.92. The molecule has 6 unspecified atom stereocenters. The van der Waals surface area contributed by atoms with Crippen molar-refractivity contribution in [1.82, 2.24) is 0 Å². The normalized spacial score (nSPS) is 23.9. The monoisotopic (exact) mass is 986 g/mol. The first-order valence-electron chi connectivity index (χ1n) is 24.8. The highest BCUT2D eigenvalue weighted by molar-refractivity contribution is 5.89. The van der Waals surface area contributed by atoms with Gasteiger partial charge in [0.15, 0.2) is 12.6 Å². The molecule has 2 saturated heterocycles. The van der Waals surface area contributed by atoms with Gasteiger partial charge < -0.3 is 52.5 Å². The quantitative estimate of drug-likeness (QED) is 0.0579. The second kappa shape index (κ2) is 27.1. The van der Waals surface area contributed by atoms with Crippen LogP contribution in [0.3, 0.4) is 0 Å². The molecule has 9 rings (SSSR count). The van der Waals surface area contributed by atoms with E-state index in [4.69, 9.17) is 47.4 Å². The molecule has 0 aliphatic carbocycles. The van der Waals surface area contributed by atoms with E-state index in [1.165, 1.54) is 0 Å². The van der Waals surface area contributed by atoms with Crippen molar-refractivity contribution in [2.24, 2.45) is 0 Å². The van der Waals surface area contributed by atoms with Crippen LogP contribution in [-0.2, 0) is 87.0 Å². The maximum absolute atomic E-state index is 13.6. The van der Waals surface area contributed by atoms with Crippen LogP contribution in [0.25, 0.3) is 0 Å². The smallest absolute Gasteiger partial charge is 0.338 e. The van der Waals surface area contributed by atoms with E-state index in [1.54, 1.807) is 24.3 Å². The second-order valence-electron chi connectivity index (χ2n) is 18.0. The molecule has 7 aromatic carbocycles. The zero-order valence-corrected chi connectivity index (χ0v) is 40.6. The molecule has 0 radical (unpaired) electrons. The van der Waals surface area contributed by atoms with Gasteiger partial charge >= 0.3 is 5.97 Å². The van der Waals surface area contributed by atoms with Gasteiger partial charge in [-0.05, 0) is 45.5 Å². The molecule has 0 spiro atoms. The van der Waals surface area contributed by atoms with Crippen molar-refractivity contribution in [3.8, 4) is 0 Å². The van der Waals surface area contributed by atoms with Crippen LogP contribution in [0.1, 0.15) is 43.7 Å². The summed E-state index contributed by atoms with van der Waals surface area (Å²) >= 11 is 0. The molecule has 0 amide bonds. The molecule has 2 aliphatic heterocycles. The van der Waals surface area contributed by atoms with Gasteiger partial charge in [0.1, 0.15) is 55.4 Å². The zero-order chi connectivity index (χ0) is 49.9. The Morgan fingerprint density at radius 1 is 0.370 bits per heavy atom. The average molecular weight is 987 g/mol. The molecule has 73 heavy (non-hydrogen) atoms. The van der Waals surface area contributed by atoms with Crippen molar-refractivity contribution in [3.63, 3.8) is 0 Å². The SMILES string of the molecule is O=C(OCC1O[C@@H](O)C(OCc2ccccc2)C(OCc2ccccc2)[C@H]1O[C@@H]1OC(COCc2ccccc2)[C@@H](OCc2ccccc2)C(OCc2ccccc2)C1OCc1ccccc1)c1ccccc1. The molecule has 2 aliphatic rings. The van der Waals surface area contributed by atoms with Gasteiger partial charge in [-0.1, -0.05) is 200 Å². The molecule has 0 bridgehead atoms. The van der Waals surface area contributed by atoms with E-state index in [1.807, 2.05) is 188 Å². The lowest BCUT2D eigenvalue weighted by molar-refractivity contribution is -0.373. The van der Waals surface area contributed by atoms with Crippen molar-refractivity contribution >= 4 is 5.97 Å². The first-order chi connectivity index (χ1) is 36.0. The van der Waals surface area contributed by atoms with Crippen LogP contribution in [0.4, 0.5) is 0 Å². The predicted molar refractivity (Wildman–Crippen MR) is 272 cm³/mol. The van der Waals surface area contributed by atoms with E-state index < -0.39 is 67.4 Å².